The molecule has 1 heterocycles. The highest BCUT2D eigenvalue weighted by Gasteiger charge is 2.19. The normalized spacial score (nSPS) is 20.6. The van der Waals surface area contributed by atoms with Gasteiger partial charge in [0.1, 0.15) is 11.5 Å². The predicted molar refractivity (Wildman–Crippen MR) is 54.8 cm³/mol. The fraction of sp³-hybridized carbons (Fsp3) is 0.300. The summed E-state index contributed by atoms with van der Waals surface area (Å²) in [6, 6.07) is 3.98. The minimum atomic E-state index is -0.549. The van der Waals surface area contributed by atoms with Crippen LogP contribution in [0.4, 0.5) is 5.69 Å². The van der Waals surface area contributed by atoms with Gasteiger partial charge in [-0.05, 0) is 12.1 Å². The molecule has 0 aromatic heterocycles. The Balaban J connectivity index is 2.33. The molecule has 0 spiro atoms. The van der Waals surface area contributed by atoms with Crippen molar-refractivity contribution in [2.75, 3.05) is 11.9 Å². The molecule has 2 rings (SSSR count). The van der Waals surface area contributed by atoms with Gasteiger partial charge in [-0.3, -0.25) is 4.79 Å². The summed E-state index contributed by atoms with van der Waals surface area (Å²) in [6.07, 6.45) is 0.459. The van der Waals surface area contributed by atoms with Crippen molar-refractivity contribution in [1.82, 2.24) is 0 Å². The third kappa shape index (κ3) is 2.02. The number of benzene rings is 1. The molecule has 4 N–H and O–H groups in total. The van der Waals surface area contributed by atoms with E-state index in [2.05, 4.69) is 5.32 Å². The average molecular weight is 208 g/mol. The number of hydrogen-bond donors (Lipinski definition) is 3. The molecule has 1 aliphatic heterocycles. The molecule has 0 radical (unpaired) electrons. The molecule has 80 valence electrons. The van der Waals surface area contributed by atoms with Gasteiger partial charge in [0.2, 0.25) is 5.91 Å². The maximum Gasteiger partial charge on any atom is 0.241 e. The van der Waals surface area contributed by atoms with E-state index in [0.29, 0.717) is 24.5 Å². The number of phenols is 1. The third-order valence-electron chi connectivity index (χ3n) is 2.25. The van der Waals surface area contributed by atoms with Gasteiger partial charge in [0.15, 0.2) is 0 Å². The second-order valence-corrected chi connectivity index (χ2v) is 3.41. The van der Waals surface area contributed by atoms with E-state index in [-0.39, 0.29) is 11.7 Å². The Morgan fingerprint density at radius 3 is 3.13 bits per heavy atom. The first-order valence-electron chi connectivity index (χ1n) is 4.69. The van der Waals surface area contributed by atoms with Gasteiger partial charge in [-0.25, -0.2) is 0 Å². The Kier molecular flexibility index (Phi) is 2.47. The number of anilines is 1. The van der Waals surface area contributed by atoms with Crippen LogP contribution in [0.25, 0.3) is 0 Å². The summed E-state index contributed by atoms with van der Waals surface area (Å²) < 4.78 is 5.37. The number of carbonyl (C=O) groups is 1. The fourth-order valence-electron chi connectivity index (χ4n) is 1.39. The lowest BCUT2D eigenvalue weighted by Gasteiger charge is -2.19. The van der Waals surface area contributed by atoms with E-state index in [0.717, 1.165) is 0 Å². The van der Waals surface area contributed by atoms with Crippen molar-refractivity contribution in [3.8, 4) is 11.5 Å². The molecular formula is C10H12N2O3. The summed E-state index contributed by atoms with van der Waals surface area (Å²) in [7, 11) is 0. The molecule has 1 aromatic carbocycles. The van der Waals surface area contributed by atoms with Crippen molar-refractivity contribution in [1.29, 1.82) is 0 Å². The van der Waals surface area contributed by atoms with Gasteiger partial charge in [0.05, 0.1) is 18.3 Å². The van der Waals surface area contributed by atoms with Crippen molar-refractivity contribution in [3.63, 3.8) is 0 Å². The monoisotopic (exact) mass is 208 g/mol. The molecule has 0 bridgehead atoms. The maximum absolute atomic E-state index is 11.5. The van der Waals surface area contributed by atoms with Crippen molar-refractivity contribution in [2.45, 2.75) is 12.5 Å². The van der Waals surface area contributed by atoms with E-state index in [9.17, 15) is 9.90 Å². The van der Waals surface area contributed by atoms with E-state index >= 15 is 0 Å². The first kappa shape index (κ1) is 9.79. The van der Waals surface area contributed by atoms with Gasteiger partial charge in [0, 0.05) is 12.5 Å². The summed E-state index contributed by atoms with van der Waals surface area (Å²) in [4.78, 5) is 11.5. The van der Waals surface area contributed by atoms with E-state index in [1.54, 1.807) is 6.07 Å². The number of hydrogen-bond acceptors (Lipinski definition) is 4. The zero-order valence-corrected chi connectivity index (χ0v) is 8.06. The van der Waals surface area contributed by atoms with Crippen molar-refractivity contribution >= 4 is 11.6 Å². The van der Waals surface area contributed by atoms with Gasteiger partial charge < -0.3 is 20.9 Å². The summed E-state index contributed by atoms with van der Waals surface area (Å²) in [5, 5.41) is 11.9. The molecule has 0 saturated carbocycles. The first-order chi connectivity index (χ1) is 7.16. The van der Waals surface area contributed by atoms with Crippen LogP contribution >= 0.6 is 0 Å². The van der Waals surface area contributed by atoms with Crippen LogP contribution in [0.1, 0.15) is 6.42 Å². The molecule has 1 amide bonds. The summed E-state index contributed by atoms with van der Waals surface area (Å²) >= 11 is 0. The van der Waals surface area contributed by atoms with Crippen LogP contribution in [0.15, 0.2) is 18.2 Å². The van der Waals surface area contributed by atoms with Gasteiger partial charge in [0.25, 0.3) is 0 Å². The topological polar surface area (TPSA) is 84.6 Å². The van der Waals surface area contributed by atoms with Crippen LogP contribution in [-0.4, -0.2) is 23.7 Å². The van der Waals surface area contributed by atoms with Crippen molar-refractivity contribution in [3.05, 3.63) is 18.2 Å². The summed E-state index contributed by atoms with van der Waals surface area (Å²) in [5.41, 5.74) is 6.13. The largest absolute Gasteiger partial charge is 0.508 e. The summed E-state index contributed by atoms with van der Waals surface area (Å²) in [6.45, 7) is 0.366. The van der Waals surface area contributed by atoms with Crippen molar-refractivity contribution in [2.24, 2.45) is 5.73 Å². The zero-order valence-electron chi connectivity index (χ0n) is 8.06. The molecule has 5 nitrogen and oxygen atoms in total. The predicted octanol–water partition coefficient (Wildman–Crippen LogP) is 0.440. The molecule has 5 heteroatoms. The maximum atomic E-state index is 11.5. The van der Waals surface area contributed by atoms with Crippen LogP contribution in [0, 0.1) is 0 Å². The van der Waals surface area contributed by atoms with Crippen LogP contribution in [-0.2, 0) is 4.79 Å². The molecule has 0 saturated heterocycles. The number of fused-ring (bicyclic) bond motifs is 1. The molecule has 0 fully saturated rings. The Morgan fingerprint density at radius 1 is 1.53 bits per heavy atom. The number of carbonyl (C=O) groups excluding carboxylic acids is 1. The molecule has 0 aliphatic carbocycles. The Bertz CT molecular complexity index is 392. The number of rotatable bonds is 0. The highest BCUT2D eigenvalue weighted by atomic mass is 16.5. The van der Waals surface area contributed by atoms with E-state index in [1.807, 2.05) is 0 Å². The molecule has 15 heavy (non-hydrogen) atoms. The van der Waals surface area contributed by atoms with Gasteiger partial charge in [-0.15, -0.1) is 0 Å². The summed E-state index contributed by atoms with van der Waals surface area (Å²) in [5.74, 6) is 0.341. The van der Waals surface area contributed by atoms with Crippen LogP contribution in [0.2, 0.25) is 0 Å². The highest BCUT2D eigenvalue weighted by molar-refractivity contribution is 5.96. The average Bonchev–Trinajstić information content (AvgIpc) is 2.19. The number of nitrogens with one attached hydrogen (secondary N) is 1. The fourth-order valence-corrected chi connectivity index (χ4v) is 1.39. The van der Waals surface area contributed by atoms with Crippen molar-refractivity contribution < 1.29 is 14.6 Å². The number of ether oxygens (including phenoxy) is 1. The number of amides is 1. The standard InChI is InChI=1S/C10H12N2O3/c11-7-3-4-15-9-5-6(13)1-2-8(9)12-10(7)14/h1-2,5,7,13H,3-4,11H2,(H,12,14). The van der Waals surface area contributed by atoms with Gasteiger partial charge in [-0.1, -0.05) is 0 Å². The molecule has 1 unspecified atom stereocenters. The second-order valence-electron chi connectivity index (χ2n) is 3.41. The van der Waals surface area contributed by atoms with Crippen LogP contribution < -0.4 is 15.8 Å². The number of phenolic OH excluding ortho intramolecular Hbond substituents is 1. The Labute approximate surface area is 86.8 Å². The molecule has 1 aromatic rings. The SMILES string of the molecule is NC1CCOc2cc(O)ccc2NC1=O. The lowest BCUT2D eigenvalue weighted by Crippen LogP contribution is -2.38. The molecular weight excluding hydrogens is 196 g/mol. The minimum absolute atomic E-state index is 0.105. The van der Waals surface area contributed by atoms with Crippen LogP contribution in [0.5, 0.6) is 11.5 Å². The van der Waals surface area contributed by atoms with E-state index < -0.39 is 6.04 Å². The molecule has 1 aliphatic rings. The minimum Gasteiger partial charge on any atom is -0.508 e. The van der Waals surface area contributed by atoms with Gasteiger partial charge in [-0.2, -0.15) is 0 Å². The quantitative estimate of drug-likeness (QED) is 0.540. The van der Waals surface area contributed by atoms with Gasteiger partial charge >= 0.3 is 0 Å². The third-order valence-corrected chi connectivity index (χ3v) is 2.25. The lowest BCUT2D eigenvalue weighted by atomic mass is 10.2. The zero-order chi connectivity index (χ0) is 10.8. The molecule has 1 atom stereocenters. The van der Waals surface area contributed by atoms with E-state index in [4.69, 9.17) is 10.5 Å². The van der Waals surface area contributed by atoms with Crippen LogP contribution in [0.3, 0.4) is 0 Å². The lowest BCUT2D eigenvalue weighted by molar-refractivity contribution is -0.117. The number of nitrogens with two attached hydrogens (primary N) is 1. The first-order valence-corrected chi connectivity index (χ1v) is 4.69. The highest BCUT2D eigenvalue weighted by Crippen LogP contribution is 2.30. The smallest absolute Gasteiger partial charge is 0.241 e. The Morgan fingerprint density at radius 2 is 2.33 bits per heavy atom. The second kappa shape index (κ2) is 3.78. The van der Waals surface area contributed by atoms with E-state index in [1.165, 1.54) is 12.1 Å². The Hall–Kier alpha value is -1.75. The number of aromatic hydroxyl groups is 1.